The van der Waals surface area contributed by atoms with Crippen molar-refractivity contribution < 1.29 is 4.79 Å². The summed E-state index contributed by atoms with van der Waals surface area (Å²) in [6, 6.07) is 17.7. The van der Waals surface area contributed by atoms with E-state index in [0.717, 1.165) is 38.0 Å². The maximum atomic E-state index is 12.8. The third-order valence-corrected chi connectivity index (χ3v) is 7.26. The van der Waals surface area contributed by atoms with Crippen LogP contribution in [-0.2, 0) is 11.2 Å². The number of nitrogens with one attached hydrogen (secondary N) is 1. The number of thioether (sulfide) groups is 1. The summed E-state index contributed by atoms with van der Waals surface area (Å²) < 4.78 is 1.60. The number of rotatable bonds is 6. The predicted molar refractivity (Wildman–Crippen MR) is 135 cm³/mol. The standard InChI is InChI=1S/C25H24ClN5O2S/c26-19-6-8-20(9-7-19)31-23-21(15-27-31)24(33)29-25(28-23)34-16-22(32)30-12-10-18(11-13-30)14-17-4-2-1-3-5-17/h1-9,15,18H,10-14,16H2,(H,28,29,33). The Labute approximate surface area is 206 Å². The largest absolute Gasteiger partial charge is 0.342 e. The lowest BCUT2D eigenvalue weighted by Crippen LogP contribution is -2.39. The molecule has 1 saturated heterocycles. The third kappa shape index (κ3) is 5.03. The van der Waals surface area contributed by atoms with Crippen LogP contribution in [0.3, 0.4) is 0 Å². The summed E-state index contributed by atoms with van der Waals surface area (Å²) in [7, 11) is 0. The van der Waals surface area contributed by atoms with E-state index < -0.39 is 0 Å². The van der Waals surface area contributed by atoms with E-state index in [2.05, 4.69) is 39.3 Å². The molecule has 5 rings (SSSR count). The second-order valence-corrected chi connectivity index (χ2v) is 9.84. The van der Waals surface area contributed by atoms with Crippen molar-refractivity contribution in [2.45, 2.75) is 24.4 Å². The van der Waals surface area contributed by atoms with E-state index in [9.17, 15) is 9.59 Å². The van der Waals surface area contributed by atoms with Crippen LogP contribution in [0.1, 0.15) is 18.4 Å². The number of benzene rings is 2. The number of hydrogen-bond acceptors (Lipinski definition) is 5. The molecular formula is C25H24ClN5O2S. The number of aromatic nitrogens is 4. The fraction of sp³-hybridized carbons (Fsp3) is 0.280. The van der Waals surface area contributed by atoms with Crippen LogP contribution >= 0.6 is 23.4 Å². The fourth-order valence-electron chi connectivity index (χ4n) is 4.29. The highest BCUT2D eigenvalue weighted by Crippen LogP contribution is 2.23. The number of amides is 1. The smallest absolute Gasteiger partial charge is 0.262 e. The minimum Gasteiger partial charge on any atom is -0.342 e. The molecule has 0 saturated carbocycles. The zero-order valence-electron chi connectivity index (χ0n) is 18.5. The molecule has 34 heavy (non-hydrogen) atoms. The van der Waals surface area contributed by atoms with Crippen molar-refractivity contribution in [1.29, 1.82) is 0 Å². The van der Waals surface area contributed by atoms with Gasteiger partial charge in [0.2, 0.25) is 5.91 Å². The molecule has 0 aliphatic carbocycles. The lowest BCUT2D eigenvalue weighted by atomic mass is 9.90. The van der Waals surface area contributed by atoms with Crippen LogP contribution in [-0.4, -0.2) is 49.4 Å². The number of carbonyl (C=O) groups is 1. The van der Waals surface area contributed by atoms with Gasteiger partial charge in [0.1, 0.15) is 5.39 Å². The molecule has 7 nitrogen and oxygen atoms in total. The molecule has 1 amide bonds. The minimum atomic E-state index is -0.276. The number of halogens is 1. The van der Waals surface area contributed by atoms with Gasteiger partial charge >= 0.3 is 0 Å². The highest BCUT2D eigenvalue weighted by Gasteiger charge is 2.23. The van der Waals surface area contributed by atoms with Gasteiger partial charge in [0.25, 0.3) is 5.56 Å². The molecule has 1 N–H and O–H groups in total. The summed E-state index contributed by atoms with van der Waals surface area (Å²) in [5.74, 6) is 0.900. The molecule has 2 aromatic carbocycles. The first-order valence-corrected chi connectivity index (χ1v) is 12.6. The van der Waals surface area contributed by atoms with Gasteiger partial charge in [-0.05, 0) is 55.0 Å². The molecule has 0 spiro atoms. The summed E-state index contributed by atoms with van der Waals surface area (Å²) in [5, 5.41) is 5.72. The number of fused-ring (bicyclic) bond motifs is 1. The van der Waals surface area contributed by atoms with Crippen LogP contribution in [0.2, 0.25) is 5.02 Å². The number of carbonyl (C=O) groups excluding carboxylic acids is 1. The summed E-state index contributed by atoms with van der Waals surface area (Å²) in [6.45, 7) is 1.53. The Hall–Kier alpha value is -3.10. The number of nitrogens with zero attached hydrogens (tertiary/aromatic N) is 4. The Kier molecular flexibility index (Phi) is 6.69. The van der Waals surface area contributed by atoms with Crippen LogP contribution in [0.15, 0.2) is 70.7 Å². The number of H-pyrrole nitrogens is 1. The second-order valence-electron chi connectivity index (χ2n) is 8.44. The molecule has 9 heteroatoms. The first kappa shape index (κ1) is 22.7. The molecule has 174 valence electrons. The lowest BCUT2D eigenvalue weighted by Gasteiger charge is -2.32. The summed E-state index contributed by atoms with van der Waals surface area (Å²) >= 11 is 7.23. The molecule has 3 heterocycles. The van der Waals surface area contributed by atoms with E-state index in [1.807, 2.05) is 23.1 Å². The minimum absolute atomic E-state index is 0.0668. The van der Waals surface area contributed by atoms with Gasteiger partial charge in [-0.2, -0.15) is 5.10 Å². The topological polar surface area (TPSA) is 83.9 Å². The van der Waals surface area contributed by atoms with E-state index in [1.165, 1.54) is 23.5 Å². The van der Waals surface area contributed by atoms with E-state index in [4.69, 9.17) is 11.6 Å². The molecule has 0 atom stereocenters. The Morgan fingerprint density at radius 3 is 2.56 bits per heavy atom. The van der Waals surface area contributed by atoms with Crippen molar-refractivity contribution in [3.63, 3.8) is 0 Å². The zero-order chi connectivity index (χ0) is 23.5. The quantitative estimate of drug-likeness (QED) is 0.319. The highest BCUT2D eigenvalue weighted by molar-refractivity contribution is 7.99. The predicted octanol–water partition coefficient (Wildman–Crippen LogP) is 4.34. The van der Waals surface area contributed by atoms with Crippen molar-refractivity contribution >= 4 is 40.3 Å². The molecule has 1 aliphatic rings. The van der Waals surface area contributed by atoms with Gasteiger partial charge in [-0.15, -0.1) is 0 Å². The second kappa shape index (κ2) is 10.0. The van der Waals surface area contributed by atoms with Crippen LogP contribution in [0.4, 0.5) is 0 Å². The van der Waals surface area contributed by atoms with Crippen molar-refractivity contribution in [3.05, 3.63) is 81.7 Å². The Morgan fingerprint density at radius 2 is 1.82 bits per heavy atom. The average molecular weight is 494 g/mol. The van der Waals surface area contributed by atoms with E-state index in [-0.39, 0.29) is 17.2 Å². The third-order valence-electron chi connectivity index (χ3n) is 6.15. The van der Waals surface area contributed by atoms with Gasteiger partial charge in [0.05, 0.1) is 17.6 Å². The molecule has 0 unspecified atom stereocenters. The average Bonchev–Trinajstić information content (AvgIpc) is 3.29. The van der Waals surface area contributed by atoms with Gasteiger partial charge in [-0.3, -0.25) is 9.59 Å². The summed E-state index contributed by atoms with van der Waals surface area (Å²) in [6.07, 6.45) is 4.57. The van der Waals surface area contributed by atoms with Crippen LogP contribution in [0.5, 0.6) is 0 Å². The van der Waals surface area contributed by atoms with Crippen molar-refractivity contribution in [2.75, 3.05) is 18.8 Å². The van der Waals surface area contributed by atoms with E-state index in [0.29, 0.717) is 27.1 Å². The Morgan fingerprint density at radius 1 is 1.09 bits per heavy atom. The first-order valence-electron chi connectivity index (χ1n) is 11.3. The SMILES string of the molecule is O=C(CSc1nc2c(cnn2-c2ccc(Cl)cc2)c(=O)[nH]1)N1CCC(Cc2ccccc2)CC1. The molecule has 2 aromatic heterocycles. The monoisotopic (exact) mass is 493 g/mol. The van der Waals surface area contributed by atoms with Crippen LogP contribution < -0.4 is 5.56 Å². The van der Waals surface area contributed by atoms with Crippen molar-refractivity contribution in [3.8, 4) is 5.69 Å². The highest BCUT2D eigenvalue weighted by atomic mass is 35.5. The van der Waals surface area contributed by atoms with Gasteiger partial charge in [0.15, 0.2) is 10.8 Å². The van der Waals surface area contributed by atoms with Gasteiger partial charge < -0.3 is 9.88 Å². The fourth-order valence-corrected chi connectivity index (χ4v) is 5.18. The lowest BCUT2D eigenvalue weighted by molar-refractivity contribution is -0.129. The van der Waals surface area contributed by atoms with Crippen molar-refractivity contribution in [1.82, 2.24) is 24.6 Å². The van der Waals surface area contributed by atoms with Gasteiger partial charge in [-0.25, -0.2) is 9.67 Å². The van der Waals surface area contributed by atoms with Gasteiger partial charge in [-0.1, -0.05) is 53.7 Å². The Bertz CT molecular complexity index is 1350. The maximum absolute atomic E-state index is 12.8. The molecule has 4 aromatic rings. The maximum Gasteiger partial charge on any atom is 0.262 e. The summed E-state index contributed by atoms with van der Waals surface area (Å²) in [4.78, 5) is 34.6. The molecule has 1 fully saturated rings. The van der Waals surface area contributed by atoms with Crippen molar-refractivity contribution in [2.24, 2.45) is 5.92 Å². The Balaban J connectivity index is 1.22. The number of piperidine rings is 1. The number of aromatic amines is 1. The van der Waals surface area contributed by atoms with E-state index in [1.54, 1.807) is 16.8 Å². The molecule has 1 aliphatic heterocycles. The van der Waals surface area contributed by atoms with Crippen LogP contribution in [0.25, 0.3) is 16.7 Å². The molecule has 0 bridgehead atoms. The summed E-state index contributed by atoms with van der Waals surface area (Å²) in [5.41, 5.74) is 2.28. The van der Waals surface area contributed by atoms with E-state index >= 15 is 0 Å². The number of hydrogen-bond donors (Lipinski definition) is 1. The zero-order valence-corrected chi connectivity index (χ0v) is 20.1. The molecule has 0 radical (unpaired) electrons. The van der Waals surface area contributed by atoms with Crippen LogP contribution in [0, 0.1) is 5.92 Å². The molecular weight excluding hydrogens is 470 g/mol. The number of likely N-dealkylation sites (tertiary alicyclic amines) is 1. The first-order chi connectivity index (χ1) is 16.6. The van der Waals surface area contributed by atoms with Gasteiger partial charge in [0, 0.05) is 18.1 Å². The normalized spacial score (nSPS) is 14.6.